The Morgan fingerprint density at radius 3 is 2.65 bits per heavy atom. The SMILES string of the molecule is CCC(C)(CCO)NS(=O)(=O)c1cn[nH]c1C. The van der Waals surface area contributed by atoms with Gasteiger partial charge in [0.15, 0.2) is 0 Å². The monoisotopic (exact) mass is 261 g/mol. The van der Waals surface area contributed by atoms with Gasteiger partial charge in [0.25, 0.3) is 0 Å². The zero-order chi connectivity index (χ0) is 13.1. The molecule has 0 fully saturated rings. The van der Waals surface area contributed by atoms with Crippen molar-refractivity contribution >= 4 is 10.0 Å². The van der Waals surface area contributed by atoms with Crippen LogP contribution in [-0.2, 0) is 10.0 Å². The third kappa shape index (κ3) is 3.27. The maximum absolute atomic E-state index is 12.1. The second-order valence-electron chi connectivity index (χ2n) is 4.35. The van der Waals surface area contributed by atoms with Crippen molar-refractivity contribution in [2.24, 2.45) is 0 Å². The van der Waals surface area contributed by atoms with Crippen LogP contribution < -0.4 is 4.72 Å². The molecule has 0 radical (unpaired) electrons. The van der Waals surface area contributed by atoms with Gasteiger partial charge in [-0.05, 0) is 26.7 Å². The summed E-state index contributed by atoms with van der Waals surface area (Å²) in [4.78, 5) is 0.148. The fraction of sp³-hybridized carbons (Fsp3) is 0.700. The molecule has 1 aromatic heterocycles. The third-order valence-corrected chi connectivity index (χ3v) is 4.65. The minimum Gasteiger partial charge on any atom is -0.396 e. The van der Waals surface area contributed by atoms with Crippen molar-refractivity contribution in [3.05, 3.63) is 11.9 Å². The molecule has 1 unspecified atom stereocenters. The lowest BCUT2D eigenvalue weighted by Crippen LogP contribution is -2.46. The molecule has 0 spiro atoms. The first-order valence-electron chi connectivity index (χ1n) is 5.49. The van der Waals surface area contributed by atoms with Gasteiger partial charge >= 0.3 is 0 Å². The van der Waals surface area contributed by atoms with E-state index in [0.29, 0.717) is 18.5 Å². The normalized spacial score (nSPS) is 15.8. The average molecular weight is 261 g/mol. The first-order valence-corrected chi connectivity index (χ1v) is 6.98. The second-order valence-corrected chi connectivity index (χ2v) is 6.00. The Kier molecular flexibility index (Phi) is 4.29. The van der Waals surface area contributed by atoms with Gasteiger partial charge in [-0.25, -0.2) is 13.1 Å². The van der Waals surface area contributed by atoms with Gasteiger partial charge in [0.1, 0.15) is 4.90 Å². The first-order chi connectivity index (χ1) is 7.84. The Morgan fingerprint density at radius 2 is 2.24 bits per heavy atom. The van der Waals surface area contributed by atoms with Crippen LogP contribution in [0.1, 0.15) is 32.4 Å². The number of aromatic amines is 1. The molecule has 0 aromatic carbocycles. The van der Waals surface area contributed by atoms with Gasteiger partial charge in [-0.2, -0.15) is 5.10 Å². The molecule has 1 rings (SSSR count). The second kappa shape index (κ2) is 5.16. The third-order valence-electron chi connectivity index (χ3n) is 2.90. The lowest BCUT2D eigenvalue weighted by atomic mass is 9.97. The molecular weight excluding hydrogens is 242 g/mol. The van der Waals surface area contributed by atoms with E-state index in [2.05, 4.69) is 14.9 Å². The van der Waals surface area contributed by atoms with Gasteiger partial charge in [-0.1, -0.05) is 6.92 Å². The Morgan fingerprint density at radius 1 is 1.59 bits per heavy atom. The van der Waals surface area contributed by atoms with E-state index < -0.39 is 15.6 Å². The summed E-state index contributed by atoms with van der Waals surface area (Å²) in [5.41, 5.74) is -0.142. The number of aryl methyl sites for hydroxylation is 1. The smallest absolute Gasteiger partial charge is 0.244 e. The van der Waals surface area contributed by atoms with Crippen LogP contribution in [0.5, 0.6) is 0 Å². The highest BCUT2D eigenvalue weighted by atomic mass is 32.2. The zero-order valence-electron chi connectivity index (χ0n) is 10.3. The number of H-pyrrole nitrogens is 1. The molecule has 98 valence electrons. The molecule has 6 nitrogen and oxygen atoms in total. The highest BCUT2D eigenvalue weighted by Crippen LogP contribution is 2.19. The van der Waals surface area contributed by atoms with Crippen molar-refractivity contribution in [3.63, 3.8) is 0 Å². The molecule has 1 heterocycles. The van der Waals surface area contributed by atoms with Crippen molar-refractivity contribution in [2.75, 3.05) is 6.61 Å². The number of aliphatic hydroxyl groups excluding tert-OH is 1. The zero-order valence-corrected chi connectivity index (χ0v) is 11.1. The molecule has 0 aliphatic rings. The lowest BCUT2D eigenvalue weighted by molar-refractivity contribution is 0.233. The van der Waals surface area contributed by atoms with Crippen LogP contribution in [0.4, 0.5) is 0 Å². The van der Waals surface area contributed by atoms with Crippen molar-refractivity contribution in [2.45, 2.75) is 44.0 Å². The van der Waals surface area contributed by atoms with Crippen LogP contribution in [-0.4, -0.2) is 35.9 Å². The fourth-order valence-corrected chi connectivity index (χ4v) is 3.18. The molecule has 0 aliphatic heterocycles. The van der Waals surface area contributed by atoms with Crippen molar-refractivity contribution in [1.82, 2.24) is 14.9 Å². The van der Waals surface area contributed by atoms with Gasteiger partial charge in [0.05, 0.1) is 11.9 Å². The Bertz CT molecular complexity index is 469. The topological polar surface area (TPSA) is 95.1 Å². The standard InChI is InChI=1S/C10H19N3O3S/c1-4-10(3,5-6-14)13-17(15,16)9-7-11-12-8(9)2/h7,13-14H,4-6H2,1-3H3,(H,11,12). The number of rotatable bonds is 6. The minimum atomic E-state index is -3.59. The number of aromatic nitrogens is 2. The summed E-state index contributed by atoms with van der Waals surface area (Å²) in [5, 5.41) is 15.2. The molecule has 1 atom stereocenters. The van der Waals surface area contributed by atoms with Crippen molar-refractivity contribution in [3.8, 4) is 0 Å². The van der Waals surface area contributed by atoms with Crippen LogP contribution in [0, 0.1) is 6.92 Å². The number of hydrogen-bond acceptors (Lipinski definition) is 4. The number of hydrogen-bond donors (Lipinski definition) is 3. The molecule has 1 aromatic rings. The largest absolute Gasteiger partial charge is 0.396 e. The summed E-state index contributed by atoms with van der Waals surface area (Å²) in [6.07, 6.45) is 2.26. The van der Waals surface area contributed by atoms with Crippen LogP contribution in [0.3, 0.4) is 0 Å². The quantitative estimate of drug-likeness (QED) is 0.697. The Balaban J connectivity index is 2.98. The lowest BCUT2D eigenvalue weighted by Gasteiger charge is -2.28. The Labute approximate surface area is 101 Å². The predicted molar refractivity (Wildman–Crippen MR) is 64.0 cm³/mol. The van der Waals surface area contributed by atoms with Gasteiger partial charge in [-0.15, -0.1) is 0 Å². The van der Waals surface area contributed by atoms with Gasteiger partial charge in [0, 0.05) is 12.1 Å². The Hall–Kier alpha value is -0.920. The molecular formula is C10H19N3O3S. The first kappa shape index (κ1) is 14.1. The van der Waals surface area contributed by atoms with E-state index in [9.17, 15) is 8.42 Å². The van der Waals surface area contributed by atoms with E-state index in [4.69, 9.17) is 5.11 Å². The van der Waals surface area contributed by atoms with Gasteiger partial charge < -0.3 is 5.11 Å². The summed E-state index contributed by atoms with van der Waals surface area (Å²) in [7, 11) is -3.59. The van der Waals surface area contributed by atoms with Crippen molar-refractivity contribution in [1.29, 1.82) is 0 Å². The van der Waals surface area contributed by atoms with E-state index in [0.717, 1.165) is 0 Å². The maximum atomic E-state index is 12.1. The van der Waals surface area contributed by atoms with Crippen LogP contribution in [0.15, 0.2) is 11.1 Å². The molecule has 7 heteroatoms. The predicted octanol–water partition coefficient (Wildman–Crippen LogP) is 0.548. The molecule has 0 aliphatic carbocycles. The molecule has 3 N–H and O–H groups in total. The highest BCUT2D eigenvalue weighted by molar-refractivity contribution is 7.89. The average Bonchev–Trinajstić information content (AvgIpc) is 2.65. The fourth-order valence-electron chi connectivity index (χ4n) is 1.54. The molecule has 0 saturated heterocycles. The van der Waals surface area contributed by atoms with E-state index in [1.807, 2.05) is 6.92 Å². The van der Waals surface area contributed by atoms with E-state index >= 15 is 0 Å². The van der Waals surface area contributed by atoms with Crippen LogP contribution in [0.25, 0.3) is 0 Å². The minimum absolute atomic E-state index is 0.0583. The number of aliphatic hydroxyl groups is 1. The summed E-state index contributed by atoms with van der Waals surface area (Å²) in [5.74, 6) is 0. The maximum Gasteiger partial charge on any atom is 0.244 e. The van der Waals surface area contributed by atoms with Crippen molar-refractivity contribution < 1.29 is 13.5 Å². The molecule has 0 saturated carbocycles. The van der Waals surface area contributed by atoms with E-state index in [1.54, 1.807) is 13.8 Å². The number of nitrogens with zero attached hydrogens (tertiary/aromatic N) is 1. The van der Waals surface area contributed by atoms with E-state index in [-0.39, 0.29) is 11.5 Å². The van der Waals surface area contributed by atoms with Gasteiger partial charge in [0.2, 0.25) is 10.0 Å². The van der Waals surface area contributed by atoms with Crippen LogP contribution >= 0.6 is 0 Å². The highest BCUT2D eigenvalue weighted by Gasteiger charge is 2.30. The number of sulfonamides is 1. The number of nitrogens with one attached hydrogen (secondary N) is 2. The molecule has 0 bridgehead atoms. The van der Waals surface area contributed by atoms with Gasteiger partial charge in [-0.3, -0.25) is 5.10 Å². The van der Waals surface area contributed by atoms with E-state index in [1.165, 1.54) is 6.20 Å². The molecule has 0 amide bonds. The molecule has 17 heavy (non-hydrogen) atoms. The summed E-state index contributed by atoms with van der Waals surface area (Å²) in [6.45, 7) is 5.24. The summed E-state index contributed by atoms with van der Waals surface area (Å²) < 4.78 is 26.8. The summed E-state index contributed by atoms with van der Waals surface area (Å²) in [6, 6.07) is 0. The summed E-state index contributed by atoms with van der Waals surface area (Å²) >= 11 is 0. The van der Waals surface area contributed by atoms with Crippen LogP contribution in [0.2, 0.25) is 0 Å².